The van der Waals surface area contributed by atoms with Crippen LogP contribution < -0.4 is 10.9 Å². The molecule has 2 aromatic carbocycles. The Balaban J connectivity index is 1.49. The Morgan fingerprint density at radius 1 is 1.06 bits per heavy atom. The predicted molar refractivity (Wildman–Crippen MR) is 120 cm³/mol. The van der Waals surface area contributed by atoms with Crippen LogP contribution in [0.5, 0.6) is 0 Å². The SMILES string of the molecule is CC(=O)c1ccc(NC(=O)Cn2nc(C3CC3)c3cnn(-c4ccccc4)c3c2=O)cc1. The lowest BCUT2D eigenvalue weighted by Crippen LogP contribution is -2.31. The molecule has 1 fully saturated rings. The number of rotatable bonds is 6. The molecule has 2 heterocycles. The number of nitrogens with one attached hydrogen (secondary N) is 1. The molecule has 4 aromatic rings. The lowest BCUT2D eigenvalue weighted by atomic mass is 10.1. The van der Waals surface area contributed by atoms with Crippen LogP contribution in [-0.4, -0.2) is 31.3 Å². The average molecular weight is 427 g/mol. The number of amides is 1. The van der Waals surface area contributed by atoms with E-state index in [4.69, 9.17) is 0 Å². The molecule has 1 amide bonds. The number of hydrogen-bond acceptors (Lipinski definition) is 5. The van der Waals surface area contributed by atoms with Crippen molar-refractivity contribution in [2.24, 2.45) is 0 Å². The summed E-state index contributed by atoms with van der Waals surface area (Å²) in [7, 11) is 0. The molecule has 0 unspecified atom stereocenters. The molecule has 8 heteroatoms. The molecule has 160 valence electrons. The summed E-state index contributed by atoms with van der Waals surface area (Å²) in [5, 5.41) is 12.5. The Morgan fingerprint density at radius 2 is 1.78 bits per heavy atom. The Morgan fingerprint density at radius 3 is 2.44 bits per heavy atom. The van der Waals surface area contributed by atoms with Crippen LogP contribution in [0.1, 0.15) is 41.7 Å². The highest BCUT2D eigenvalue weighted by Crippen LogP contribution is 2.41. The summed E-state index contributed by atoms with van der Waals surface area (Å²) < 4.78 is 2.83. The third-order valence-corrected chi connectivity index (χ3v) is 5.54. The summed E-state index contributed by atoms with van der Waals surface area (Å²) in [5.41, 5.74) is 2.74. The van der Waals surface area contributed by atoms with Gasteiger partial charge in [0.2, 0.25) is 5.91 Å². The minimum Gasteiger partial charge on any atom is -0.324 e. The molecule has 5 rings (SSSR count). The maximum Gasteiger partial charge on any atom is 0.293 e. The molecule has 1 aliphatic carbocycles. The third-order valence-electron chi connectivity index (χ3n) is 5.54. The molecule has 0 atom stereocenters. The first-order chi connectivity index (χ1) is 15.5. The summed E-state index contributed by atoms with van der Waals surface area (Å²) in [6.07, 6.45) is 3.70. The van der Waals surface area contributed by atoms with Crippen LogP contribution in [-0.2, 0) is 11.3 Å². The van der Waals surface area contributed by atoms with Crippen molar-refractivity contribution < 1.29 is 9.59 Å². The predicted octanol–water partition coefficient (Wildman–Crippen LogP) is 3.30. The van der Waals surface area contributed by atoms with Gasteiger partial charge in [-0.15, -0.1) is 0 Å². The summed E-state index contributed by atoms with van der Waals surface area (Å²) in [6, 6.07) is 16.1. The summed E-state index contributed by atoms with van der Waals surface area (Å²) in [4.78, 5) is 37.4. The van der Waals surface area contributed by atoms with Crippen molar-refractivity contribution in [2.75, 3.05) is 5.32 Å². The number of benzene rings is 2. The summed E-state index contributed by atoms with van der Waals surface area (Å²) in [6.45, 7) is 1.27. The van der Waals surface area contributed by atoms with Crippen LogP contribution in [0.25, 0.3) is 16.6 Å². The van der Waals surface area contributed by atoms with Crippen LogP contribution in [0.15, 0.2) is 65.6 Å². The van der Waals surface area contributed by atoms with Crippen molar-refractivity contribution in [3.63, 3.8) is 0 Å². The van der Waals surface area contributed by atoms with Gasteiger partial charge in [0, 0.05) is 22.6 Å². The number of Topliss-reactive ketones (excluding diaryl/α,β-unsaturated/α-hetero) is 1. The zero-order chi connectivity index (χ0) is 22.2. The van der Waals surface area contributed by atoms with E-state index in [0.29, 0.717) is 16.8 Å². The highest BCUT2D eigenvalue weighted by atomic mass is 16.2. The zero-order valence-electron chi connectivity index (χ0n) is 17.5. The number of carbonyl (C=O) groups is 2. The van der Waals surface area contributed by atoms with Gasteiger partial charge in [0.25, 0.3) is 5.56 Å². The standard InChI is InChI=1S/C24H21N5O3/c1-15(30)16-9-11-18(12-10-16)26-21(31)14-28-24(32)23-20(22(27-28)17-7-8-17)13-25-29(23)19-5-3-2-4-6-19/h2-6,9-13,17H,7-8,14H2,1H3,(H,26,31). The topological polar surface area (TPSA) is 98.9 Å². The molecule has 2 aromatic heterocycles. The molecule has 1 saturated carbocycles. The van der Waals surface area contributed by atoms with Crippen LogP contribution in [0, 0.1) is 0 Å². The second-order valence-corrected chi connectivity index (χ2v) is 7.96. The van der Waals surface area contributed by atoms with E-state index in [1.807, 2.05) is 30.3 Å². The second kappa shape index (κ2) is 7.88. The lowest BCUT2D eigenvalue weighted by Gasteiger charge is -2.11. The van der Waals surface area contributed by atoms with E-state index in [-0.39, 0.29) is 29.7 Å². The fraction of sp³-hybridized carbons (Fsp3) is 0.208. The van der Waals surface area contributed by atoms with Gasteiger partial charge in [0.15, 0.2) is 5.78 Å². The first-order valence-corrected chi connectivity index (χ1v) is 10.5. The van der Waals surface area contributed by atoms with E-state index in [1.54, 1.807) is 35.1 Å². The third kappa shape index (κ3) is 3.71. The van der Waals surface area contributed by atoms with Gasteiger partial charge < -0.3 is 5.32 Å². The average Bonchev–Trinajstić information content (AvgIpc) is 3.54. The first-order valence-electron chi connectivity index (χ1n) is 10.5. The van der Waals surface area contributed by atoms with Gasteiger partial charge in [0.1, 0.15) is 12.1 Å². The Kier molecular flexibility index (Phi) is 4.89. The Hall–Kier alpha value is -4.07. The Labute approximate surface area is 183 Å². The fourth-order valence-electron chi connectivity index (χ4n) is 3.75. The molecule has 32 heavy (non-hydrogen) atoms. The van der Waals surface area contributed by atoms with E-state index in [9.17, 15) is 14.4 Å². The van der Waals surface area contributed by atoms with Crippen molar-refractivity contribution in [3.05, 3.63) is 82.4 Å². The molecule has 1 aliphatic rings. The lowest BCUT2D eigenvalue weighted by molar-refractivity contribution is -0.117. The van der Waals surface area contributed by atoms with E-state index in [1.165, 1.54) is 11.6 Å². The van der Waals surface area contributed by atoms with Crippen molar-refractivity contribution in [2.45, 2.75) is 32.2 Å². The van der Waals surface area contributed by atoms with Crippen molar-refractivity contribution >= 4 is 28.3 Å². The fourth-order valence-corrected chi connectivity index (χ4v) is 3.75. The van der Waals surface area contributed by atoms with Crippen LogP contribution in [0.4, 0.5) is 5.69 Å². The molecule has 0 aliphatic heterocycles. The smallest absolute Gasteiger partial charge is 0.293 e. The Bertz CT molecular complexity index is 1380. The van der Waals surface area contributed by atoms with Gasteiger partial charge in [-0.05, 0) is 56.2 Å². The number of anilines is 1. The van der Waals surface area contributed by atoms with Gasteiger partial charge in [0.05, 0.1) is 17.6 Å². The number of fused-ring (bicyclic) bond motifs is 1. The normalized spacial score (nSPS) is 13.3. The van der Waals surface area contributed by atoms with Gasteiger partial charge in [-0.1, -0.05) is 18.2 Å². The highest BCUT2D eigenvalue weighted by Gasteiger charge is 2.30. The molecule has 0 radical (unpaired) electrons. The van der Waals surface area contributed by atoms with E-state index < -0.39 is 0 Å². The number of aromatic nitrogens is 4. The molecular weight excluding hydrogens is 406 g/mol. The number of para-hydroxylation sites is 1. The molecule has 0 spiro atoms. The van der Waals surface area contributed by atoms with Gasteiger partial charge >= 0.3 is 0 Å². The van der Waals surface area contributed by atoms with Crippen molar-refractivity contribution in [3.8, 4) is 5.69 Å². The molecule has 1 N–H and O–H groups in total. The van der Waals surface area contributed by atoms with Gasteiger partial charge in [-0.25, -0.2) is 9.36 Å². The molecule has 8 nitrogen and oxygen atoms in total. The van der Waals surface area contributed by atoms with Crippen LogP contribution in [0.3, 0.4) is 0 Å². The number of ketones is 1. The summed E-state index contributed by atoms with van der Waals surface area (Å²) in [5.74, 6) is -0.142. The minimum atomic E-state index is -0.373. The maximum absolute atomic E-state index is 13.3. The van der Waals surface area contributed by atoms with E-state index in [0.717, 1.165) is 29.6 Å². The second-order valence-electron chi connectivity index (χ2n) is 7.96. The highest BCUT2D eigenvalue weighted by molar-refractivity contribution is 5.95. The summed E-state index contributed by atoms with van der Waals surface area (Å²) >= 11 is 0. The van der Waals surface area contributed by atoms with E-state index >= 15 is 0 Å². The van der Waals surface area contributed by atoms with Crippen LogP contribution in [0.2, 0.25) is 0 Å². The van der Waals surface area contributed by atoms with Crippen molar-refractivity contribution in [1.29, 1.82) is 0 Å². The van der Waals surface area contributed by atoms with Crippen molar-refractivity contribution in [1.82, 2.24) is 19.6 Å². The van der Waals surface area contributed by atoms with Gasteiger partial charge in [-0.3, -0.25) is 14.4 Å². The number of carbonyl (C=O) groups excluding carboxylic acids is 2. The molecular formula is C24H21N5O3. The molecule has 0 bridgehead atoms. The monoisotopic (exact) mass is 427 g/mol. The number of nitrogens with zero attached hydrogens (tertiary/aromatic N) is 4. The zero-order valence-corrected chi connectivity index (χ0v) is 17.5. The minimum absolute atomic E-state index is 0.0467. The van der Waals surface area contributed by atoms with Gasteiger partial charge in [-0.2, -0.15) is 10.2 Å². The maximum atomic E-state index is 13.3. The first kappa shape index (κ1) is 19.9. The number of hydrogen-bond donors (Lipinski definition) is 1. The largest absolute Gasteiger partial charge is 0.324 e. The van der Waals surface area contributed by atoms with Crippen LogP contribution >= 0.6 is 0 Å². The quantitative estimate of drug-likeness (QED) is 0.476. The van der Waals surface area contributed by atoms with E-state index in [2.05, 4.69) is 15.5 Å². The molecule has 0 saturated heterocycles.